The predicted molar refractivity (Wildman–Crippen MR) is 91.5 cm³/mol. The van der Waals surface area contributed by atoms with E-state index in [2.05, 4.69) is 40.1 Å². The van der Waals surface area contributed by atoms with Crippen LogP contribution in [0, 0.1) is 6.92 Å². The van der Waals surface area contributed by atoms with E-state index < -0.39 is 0 Å². The minimum absolute atomic E-state index is 0.167. The average Bonchev–Trinajstić information content (AvgIpc) is 2.86. The van der Waals surface area contributed by atoms with E-state index >= 15 is 0 Å². The number of aromatic nitrogens is 1. The molecule has 0 aliphatic carbocycles. The van der Waals surface area contributed by atoms with Crippen LogP contribution in [0.5, 0.6) is 0 Å². The minimum Gasteiger partial charge on any atom is -0.302 e. The summed E-state index contributed by atoms with van der Waals surface area (Å²) < 4.78 is 1.89. The van der Waals surface area contributed by atoms with Crippen LogP contribution in [0.1, 0.15) is 11.3 Å². The summed E-state index contributed by atoms with van der Waals surface area (Å²) in [4.78, 5) is 16.9. The van der Waals surface area contributed by atoms with Crippen molar-refractivity contribution in [3.05, 3.63) is 56.6 Å². The maximum atomic E-state index is 11.7. The maximum absolute atomic E-state index is 11.7. The van der Waals surface area contributed by atoms with E-state index in [0.29, 0.717) is 0 Å². The van der Waals surface area contributed by atoms with Crippen LogP contribution in [-0.4, -0.2) is 47.1 Å². The second-order valence-electron chi connectivity index (χ2n) is 5.90. The van der Waals surface area contributed by atoms with Gasteiger partial charge in [0.2, 0.25) is 0 Å². The van der Waals surface area contributed by atoms with Gasteiger partial charge >= 0.3 is 4.87 Å². The normalized spacial score (nSPS) is 17.0. The molecule has 1 aliphatic rings. The molecule has 3 rings (SSSR count). The minimum atomic E-state index is 0.167. The summed E-state index contributed by atoms with van der Waals surface area (Å²) in [5.41, 5.74) is 2.47. The third-order valence-electron chi connectivity index (χ3n) is 4.33. The van der Waals surface area contributed by atoms with Crippen molar-refractivity contribution in [1.82, 2.24) is 14.4 Å². The number of thiazole rings is 1. The van der Waals surface area contributed by atoms with Crippen LogP contribution in [0.4, 0.5) is 0 Å². The molecule has 0 N–H and O–H groups in total. The molecule has 0 amide bonds. The molecule has 0 unspecified atom stereocenters. The number of benzene rings is 1. The zero-order valence-corrected chi connectivity index (χ0v) is 13.9. The highest BCUT2D eigenvalue weighted by Crippen LogP contribution is 2.08. The number of nitrogens with zero attached hydrogens (tertiary/aromatic N) is 3. The molecule has 2 aromatic rings. The molecule has 5 heteroatoms. The van der Waals surface area contributed by atoms with Gasteiger partial charge in [-0.05, 0) is 12.5 Å². The monoisotopic (exact) mass is 317 g/mol. The lowest BCUT2D eigenvalue weighted by molar-refractivity contribution is 0.124. The number of aryl methyl sites for hydroxylation is 1. The Morgan fingerprint density at radius 1 is 1.00 bits per heavy atom. The molecule has 0 atom stereocenters. The molecule has 1 saturated heterocycles. The summed E-state index contributed by atoms with van der Waals surface area (Å²) in [6.07, 6.45) is 0. The van der Waals surface area contributed by atoms with Gasteiger partial charge in [0.25, 0.3) is 0 Å². The second-order valence-corrected chi connectivity index (χ2v) is 6.72. The van der Waals surface area contributed by atoms with Crippen LogP contribution in [0.25, 0.3) is 0 Å². The van der Waals surface area contributed by atoms with Gasteiger partial charge in [-0.1, -0.05) is 41.7 Å². The van der Waals surface area contributed by atoms with Crippen molar-refractivity contribution >= 4 is 11.3 Å². The maximum Gasteiger partial charge on any atom is 0.307 e. The van der Waals surface area contributed by atoms with Gasteiger partial charge in [-0.15, -0.1) is 0 Å². The average molecular weight is 317 g/mol. The Labute approximate surface area is 135 Å². The third kappa shape index (κ3) is 3.85. The smallest absolute Gasteiger partial charge is 0.302 e. The zero-order valence-electron chi connectivity index (χ0n) is 13.1. The van der Waals surface area contributed by atoms with Crippen molar-refractivity contribution in [2.75, 3.05) is 32.7 Å². The van der Waals surface area contributed by atoms with Crippen molar-refractivity contribution < 1.29 is 0 Å². The molecule has 22 heavy (non-hydrogen) atoms. The van der Waals surface area contributed by atoms with E-state index in [4.69, 9.17) is 0 Å². The van der Waals surface area contributed by atoms with Crippen molar-refractivity contribution in [1.29, 1.82) is 0 Å². The van der Waals surface area contributed by atoms with E-state index in [0.717, 1.165) is 51.5 Å². The molecular formula is C17H23N3OS. The van der Waals surface area contributed by atoms with Crippen molar-refractivity contribution in [2.45, 2.75) is 20.0 Å². The predicted octanol–water partition coefficient (Wildman–Crippen LogP) is 2.04. The Kier molecular flexibility index (Phi) is 5.08. The van der Waals surface area contributed by atoms with E-state index in [-0.39, 0.29) is 4.87 Å². The molecule has 1 aromatic heterocycles. The van der Waals surface area contributed by atoms with Crippen LogP contribution in [0.15, 0.2) is 40.5 Å². The summed E-state index contributed by atoms with van der Waals surface area (Å²) >= 11 is 1.30. The summed E-state index contributed by atoms with van der Waals surface area (Å²) in [5, 5.41) is 1.94. The molecule has 1 aromatic carbocycles. The zero-order chi connectivity index (χ0) is 15.4. The molecule has 118 valence electrons. The third-order valence-corrected chi connectivity index (χ3v) is 5.21. The Bertz CT molecular complexity index is 641. The van der Waals surface area contributed by atoms with Gasteiger partial charge < -0.3 is 4.57 Å². The van der Waals surface area contributed by atoms with Crippen LogP contribution >= 0.6 is 11.3 Å². The Morgan fingerprint density at radius 3 is 2.32 bits per heavy atom. The van der Waals surface area contributed by atoms with E-state index in [1.165, 1.54) is 16.9 Å². The molecule has 0 spiro atoms. The summed E-state index contributed by atoms with van der Waals surface area (Å²) in [5.74, 6) is 0. The first kappa shape index (κ1) is 15.5. The molecular weight excluding hydrogens is 294 g/mol. The Morgan fingerprint density at radius 2 is 1.68 bits per heavy atom. The van der Waals surface area contributed by atoms with Crippen molar-refractivity contribution in [3.8, 4) is 0 Å². The van der Waals surface area contributed by atoms with Crippen molar-refractivity contribution in [2.24, 2.45) is 0 Å². The SMILES string of the molecule is Cc1csc(=O)n1CCN1CCN(Cc2ccccc2)CC1. The first-order chi connectivity index (χ1) is 10.7. The van der Waals surface area contributed by atoms with Gasteiger partial charge in [-0.25, -0.2) is 0 Å². The fraction of sp³-hybridized carbons (Fsp3) is 0.471. The Hall–Kier alpha value is -1.43. The molecule has 1 aliphatic heterocycles. The van der Waals surface area contributed by atoms with E-state index in [1.54, 1.807) is 0 Å². The van der Waals surface area contributed by atoms with Crippen LogP contribution in [0.3, 0.4) is 0 Å². The molecule has 0 saturated carbocycles. The lowest BCUT2D eigenvalue weighted by Gasteiger charge is -2.34. The molecule has 0 radical (unpaired) electrons. The van der Waals surface area contributed by atoms with E-state index in [1.807, 2.05) is 16.9 Å². The second kappa shape index (κ2) is 7.22. The number of piperazine rings is 1. The van der Waals surface area contributed by atoms with Gasteiger partial charge in [-0.2, -0.15) is 0 Å². The fourth-order valence-corrected chi connectivity index (χ4v) is 3.69. The van der Waals surface area contributed by atoms with Crippen LogP contribution in [0.2, 0.25) is 0 Å². The lowest BCUT2D eigenvalue weighted by atomic mass is 10.2. The topological polar surface area (TPSA) is 28.5 Å². The quantitative estimate of drug-likeness (QED) is 0.845. The summed E-state index contributed by atoms with van der Waals surface area (Å²) in [6.45, 7) is 9.21. The highest BCUT2D eigenvalue weighted by molar-refractivity contribution is 7.07. The number of hydrogen-bond donors (Lipinski definition) is 0. The Balaban J connectivity index is 1.45. The standard InChI is InChI=1S/C17H23N3OS/c1-15-14-22-17(21)20(15)12-11-18-7-9-19(10-8-18)13-16-5-3-2-4-6-16/h2-6,14H,7-13H2,1H3. The first-order valence-corrected chi connectivity index (χ1v) is 8.74. The van der Waals surface area contributed by atoms with Gasteiger partial charge in [0.1, 0.15) is 0 Å². The van der Waals surface area contributed by atoms with Gasteiger partial charge in [0, 0.05) is 56.9 Å². The molecule has 1 fully saturated rings. The number of rotatable bonds is 5. The van der Waals surface area contributed by atoms with E-state index in [9.17, 15) is 4.79 Å². The lowest BCUT2D eigenvalue weighted by Crippen LogP contribution is -2.47. The molecule has 4 nitrogen and oxygen atoms in total. The first-order valence-electron chi connectivity index (χ1n) is 7.86. The van der Waals surface area contributed by atoms with Crippen molar-refractivity contribution in [3.63, 3.8) is 0 Å². The summed E-state index contributed by atoms with van der Waals surface area (Å²) in [7, 11) is 0. The van der Waals surface area contributed by atoms with Crippen LogP contribution < -0.4 is 4.87 Å². The highest BCUT2D eigenvalue weighted by atomic mass is 32.1. The number of hydrogen-bond acceptors (Lipinski definition) is 4. The summed E-state index contributed by atoms with van der Waals surface area (Å²) in [6, 6.07) is 10.7. The largest absolute Gasteiger partial charge is 0.307 e. The highest BCUT2D eigenvalue weighted by Gasteiger charge is 2.17. The molecule has 2 heterocycles. The van der Waals surface area contributed by atoms with Gasteiger partial charge in [0.05, 0.1) is 0 Å². The van der Waals surface area contributed by atoms with Crippen LogP contribution in [-0.2, 0) is 13.1 Å². The van der Waals surface area contributed by atoms with Gasteiger partial charge in [-0.3, -0.25) is 14.6 Å². The van der Waals surface area contributed by atoms with Gasteiger partial charge in [0.15, 0.2) is 0 Å². The fourth-order valence-electron chi connectivity index (χ4n) is 2.93. The molecule has 0 bridgehead atoms.